The first-order valence-electron chi connectivity index (χ1n) is 16.2. The summed E-state index contributed by atoms with van der Waals surface area (Å²) in [6.07, 6.45) is 5.45. The highest BCUT2D eigenvalue weighted by Crippen LogP contribution is 2.47. The van der Waals surface area contributed by atoms with Crippen LogP contribution in [0.2, 0.25) is 54.4 Å². The second-order valence-corrected chi connectivity index (χ2v) is 34.7. The van der Waals surface area contributed by atoms with Gasteiger partial charge in [-0.1, -0.05) is 62.3 Å². The minimum atomic E-state index is -2.01. The molecule has 2 aliphatic heterocycles. The van der Waals surface area contributed by atoms with Gasteiger partial charge in [0, 0.05) is 0 Å². The molecule has 0 bridgehead atoms. The maximum atomic E-state index is 7.50. The molecule has 2 saturated heterocycles. The maximum Gasteiger partial charge on any atom is 0.192 e. The van der Waals surface area contributed by atoms with Crippen LogP contribution in [-0.4, -0.2) is 71.6 Å². The van der Waals surface area contributed by atoms with Crippen LogP contribution in [0.4, 0.5) is 0 Å². The Morgan fingerprint density at radius 3 is 1.68 bits per heavy atom. The van der Waals surface area contributed by atoms with Crippen LogP contribution in [0.5, 0.6) is 0 Å². The lowest BCUT2D eigenvalue weighted by Gasteiger charge is -2.51. The predicted molar refractivity (Wildman–Crippen MR) is 192 cm³/mol. The van der Waals surface area contributed by atoms with Crippen molar-refractivity contribution in [1.82, 2.24) is 0 Å². The Kier molecular flexibility index (Phi) is 13.0. The van der Waals surface area contributed by atoms with Crippen molar-refractivity contribution >= 4 is 48.5 Å². The molecular weight excluding hydrogens is 597 g/mol. The second kappa shape index (κ2) is 13.9. The molecular formula is C32H68O4S2Si3. The zero-order chi connectivity index (χ0) is 31.7. The third-order valence-electron chi connectivity index (χ3n) is 10.8. The van der Waals surface area contributed by atoms with E-state index in [0.717, 1.165) is 25.7 Å². The zero-order valence-electron chi connectivity index (χ0n) is 29.9. The first-order chi connectivity index (χ1) is 18.3. The van der Waals surface area contributed by atoms with Gasteiger partial charge in [0.15, 0.2) is 25.0 Å². The van der Waals surface area contributed by atoms with Crippen molar-refractivity contribution < 1.29 is 18.0 Å². The van der Waals surface area contributed by atoms with E-state index < -0.39 is 30.6 Å². The summed E-state index contributed by atoms with van der Waals surface area (Å²) >= 11 is 4.24. The van der Waals surface area contributed by atoms with Crippen LogP contribution in [0.1, 0.15) is 101 Å². The summed E-state index contributed by atoms with van der Waals surface area (Å²) in [6.45, 7) is 38.3. The van der Waals surface area contributed by atoms with Crippen molar-refractivity contribution in [3.8, 4) is 0 Å². The van der Waals surface area contributed by atoms with Crippen molar-refractivity contribution in [2.24, 2.45) is 0 Å². The molecule has 0 amide bonds. The third kappa shape index (κ3) is 10.3. The summed E-state index contributed by atoms with van der Waals surface area (Å²) < 4.78 is 29.5. The molecule has 2 heterocycles. The van der Waals surface area contributed by atoms with Crippen molar-refractivity contribution in [3.05, 3.63) is 0 Å². The van der Waals surface area contributed by atoms with Gasteiger partial charge in [-0.25, -0.2) is 0 Å². The Morgan fingerprint density at radius 2 is 1.20 bits per heavy atom. The van der Waals surface area contributed by atoms with Crippen molar-refractivity contribution in [1.29, 1.82) is 0 Å². The predicted octanol–water partition coefficient (Wildman–Crippen LogP) is 10.7. The summed E-state index contributed by atoms with van der Waals surface area (Å²) in [6, 6.07) is 0. The SMILES string of the molecule is CC(C)(C)[Si](C)(C)OC[C@H]1O[C@@](C)(CC2SCCCS2)[C@H](O[Si](C)(C)C(C)(C)C)CCCC1O[Si](C)(C)C(C)(C)C. The molecule has 0 spiro atoms. The van der Waals surface area contributed by atoms with Gasteiger partial charge in [0.2, 0.25) is 0 Å². The highest BCUT2D eigenvalue weighted by molar-refractivity contribution is 8.17. The van der Waals surface area contributed by atoms with E-state index in [9.17, 15) is 0 Å². The number of thioether (sulfide) groups is 2. The summed E-state index contributed by atoms with van der Waals surface area (Å²) in [5.41, 5.74) is -0.394. The standard InChI is InChI=1S/C32H68O4S2Si3/c1-29(2,3)39(11,12)33-24-26-25(35-40(13,14)30(4,5)6)19-17-20-27(36-41(15,16)31(7,8)9)32(10,34-26)23-28-37-21-18-22-38-28/h25-28H,17-24H2,1-16H3/t25?,26-,27-,32+/m1/s1. The minimum absolute atomic E-state index is 0.0421. The van der Waals surface area contributed by atoms with Gasteiger partial charge >= 0.3 is 0 Å². The molecule has 244 valence electrons. The molecule has 0 aliphatic carbocycles. The fraction of sp³-hybridized carbons (Fsp3) is 1.00. The van der Waals surface area contributed by atoms with Crippen molar-refractivity contribution in [2.75, 3.05) is 18.1 Å². The summed E-state index contributed by atoms with van der Waals surface area (Å²) in [5.74, 6) is 2.49. The van der Waals surface area contributed by atoms with Gasteiger partial charge in [-0.3, -0.25) is 0 Å². The summed E-state index contributed by atoms with van der Waals surface area (Å²) in [7, 11) is -5.98. The van der Waals surface area contributed by atoms with E-state index in [1.54, 1.807) is 0 Å². The van der Waals surface area contributed by atoms with Crippen LogP contribution in [0, 0.1) is 0 Å². The van der Waals surface area contributed by atoms with Gasteiger partial charge in [0.05, 0.1) is 29.0 Å². The molecule has 41 heavy (non-hydrogen) atoms. The molecule has 0 saturated carbocycles. The van der Waals surface area contributed by atoms with Crippen molar-refractivity contribution in [2.45, 2.75) is 184 Å². The smallest absolute Gasteiger partial charge is 0.192 e. The topological polar surface area (TPSA) is 36.9 Å². The van der Waals surface area contributed by atoms with Crippen LogP contribution in [0.3, 0.4) is 0 Å². The van der Waals surface area contributed by atoms with Crippen LogP contribution in [0.15, 0.2) is 0 Å². The average molecular weight is 665 g/mol. The minimum Gasteiger partial charge on any atom is -0.414 e. The Labute approximate surface area is 267 Å². The molecule has 0 aromatic rings. The third-order valence-corrected chi connectivity index (χ3v) is 27.3. The second-order valence-electron chi connectivity index (χ2n) is 17.5. The lowest BCUT2D eigenvalue weighted by molar-refractivity contribution is -0.188. The van der Waals surface area contributed by atoms with E-state index in [4.69, 9.17) is 18.0 Å². The van der Waals surface area contributed by atoms with Gasteiger partial charge in [0.1, 0.15) is 6.10 Å². The highest BCUT2D eigenvalue weighted by Gasteiger charge is 2.50. The van der Waals surface area contributed by atoms with Gasteiger partial charge in [0.25, 0.3) is 0 Å². The van der Waals surface area contributed by atoms with Crippen LogP contribution < -0.4 is 0 Å². The Balaban J connectivity index is 2.52. The van der Waals surface area contributed by atoms with Gasteiger partial charge in [-0.05, 0) is 105 Å². The van der Waals surface area contributed by atoms with Gasteiger partial charge in [-0.15, -0.1) is 23.5 Å². The summed E-state index contributed by atoms with van der Waals surface area (Å²) in [4.78, 5) is 0. The van der Waals surface area contributed by atoms with Crippen LogP contribution >= 0.6 is 23.5 Å². The number of hydrogen-bond acceptors (Lipinski definition) is 6. The van der Waals surface area contributed by atoms with Crippen molar-refractivity contribution in [3.63, 3.8) is 0 Å². The average Bonchev–Trinajstić information content (AvgIpc) is 2.78. The van der Waals surface area contributed by atoms with E-state index in [0.29, 0.717) is 11.2 Å². The van der Waals surface area contributed by atoms with E-state index in [1.165, 1.54) is 17.9 Å². The largest absolute Gasteiger partial charge is 0.414 e. The lowest BCUT2D eigenvalue weighted by Crippen LogP contribution is -2.59. The van der Waals surface area contributed by atoms with Crippen LogP contribution in [0.25, 0.3) is 0 Å². The van der Waals surface area contributed by atoms with Gasteiger partial charge < -0.3 is 18.0 Å². The quantitative estimate of drug-likeness (QED) is 0.228. The molecule has 1 unspecified atom stereocenters. The molecule has 4 atom stereocenters. The molecule has 9 heteroatoms. The zero-order valence-corrected chi connectivity index (χ0v) is 34.5. The fourth-order valence-corrected chi connectivity index (χ4v) is 11.7. The monoisotopic (exact) mass is 664 g/mol. The maximum absolute atomic E-state index is 7.50. The molecule has 0 N–H and O–H groups in total. The Morgan fingerprint density at radius 1 is 0.707 bits per heavy atom. The molecule has 2 aliphatic rings. The summed E-state index contributed by atoms with van der Waals surface area (Å²) in [5, 5.41) is 0.452. The first-order valence-corrected chi connectivity index (χ1v) is 27.0. The first kappa shape index (κ1) is 38.4. The number of hydrogen-bond donors (Lipinski definition) is 0. The highest BCUT2D eigenvalue weighted by atomic mass is 32.2. The number of rotatable bonds is 9. The van der Waals surface area contributed by atoms with E-state index in [1.807, 2.05) is 0 Å². The Bertz CT molecular complexity index is 826. The fourth-order valence-electron chi connectivity index (χ4n) is 4.71. The molecule has 0 aromatic carbocycles. The van der Waals surface area contributed by atoms with E-state index in [2.05, 4.69) is 132 Å². The van der Waals surface area contributed by atoms with Gasteiger partial charge in [-0.2, -0.15) is 0 Å². The Hall–Kier alpha value is 1.19. The lowest BCUT2D eigenvalue weighted by atomic mass is 9.88. The van der Waals surface area contributed by atoms with E-state index in [-0.39, 0.29) is 33.4 Å². The normalized spacial score (nSPS) is 28.8. The van der Waals surface area contributed by atoms with E-state index >= 15 is 0 Å². The number of ether oxygens (including phenoxy) is 1. The molecule has 0 aromatic heterocycles. The molecule has 0 radical (unpaired) electrons. The van der Waals surface area contributed by atoms with Crippen LogP contribution in [-0.2, 0) is 18.0 Å². The molecule has 2 fully saturated rings. The molecule has 2 rings (SSSR count). The molecule has 4 nitrogen and oxygen atoms in total.